The monoisotopic (exact) mass is 235 g/mol. The molecule has 0 bridgehead atoms. The number of aromatic nitrogens is 4. The maximum atomic E-state index is 13.2. The number of nitrogens with two attached hydrogens (primary N) is 1. The van der Waals surface area contributed by atoms with Gasteiger partial charge in [0.2, 0.25) is 0 Å². The van der Waals surface area contributed by atoms with Crippen molar-refractivity contribution in [2.75, 3.05) is 12.3 Å². The minimum Gasteiger partial charge on any atom is -0.396 e. The summed E-state index contributed by atoms with van der Waals surface area (Å²) in [4.78, 5) is 11.9. The highest BCUT2D eigenvalue weighted by atomic mass is 19.1. The molecule has 0 spiro atoms. The van der Waals surface area contributed by atoms with Crippen LogP contribution in [0.1, 0.15) is 0 Å². The molecule has 3 N–H and O–H groups in total. The Morgan fingerprint density at radius 2 is 2.29 bits per heavy atom. The average Bonchev–Trinajstić information content (AvgIpc) is 2.74. The summed E-state index contributed by atoms with van der Waals surface area (Å²) in [5.74, 6) is -0.106. The number of hydrogen-bond donors (Lipinski definition) is 2. The molecule has 1 aliphatic rings. The zero-order chi connectivity index (χ0) is 12.0. The van der Waals surface area contributed by atoms with E-state index in [0.717, 1.165) is 0 Å². The van der Waals surface area contributed by atoms with E-state index in [1.54, 1.807) is 10.8 Å². The zero-order valence-corrected chi connectivity index (χ0v) is 8.79. The summed E-state index contributed by atoms with van der Waals surface area (Å²) in [6.45, 7) is -0.184. The molecule has 2 aromatic heterocycles. The second kappa shape index (κ2) is 3.49. The lowest BCUT2D eigenvalue weighted by Gasteiger charge is -1.95. The second-order valence-electron chi connectivity index (χ2n) is 3.90. The van der Waals surface area contributed by atoms with E-state index in [0.29, 0.717) is 22.6 Å². The SMILES string of the molecule is Nc1ncnc2c1ncn2/C=C1/C(F)C1CO. The standard InChI is InChI=1S/C10H10FN5O/c11-7-5(6(7)2-17)1-16-4-15-8-9(12)13-3-14-10(8)16/h1,3-4,6-7,17H,2H2,(H2,12,13,14)/b5-1+. The van der Waals surface area contributed by atoms with Gasteiger partial charge in [-0.2, -0.15) is 0 Å². The van der Waals surface area contributed by atoms with Crippen LogP contribution in [-0.4, -0.2) is 37.4 Å². The quantitative estimate of drug-likeness (QED) is 0.776. The van der Waals surface area contributed by atoms with Gasteiger partial charge in [-0.3, -0.25) is 4.57 Å². The number of rotatable bonds is 2. The number of imidazole rings is 1. The van der Waals surface area contributed by atoms with Crippen LogP contribution >= 0.6 is 0 Å². The first-order valence-corrected chi connectivity index (χ1v) is 5.12. The molecule has 0 saturated heterocycles. The van der Waals surface area contributed by atoms with Gasteiger partial charge in [0.15, 0.2) is 17.0 Å². The molecule has 7 heteroatoms. The summed E-state index contributed by atoms with van der Waals surface area (Å²) in [6, 6.07) is 0. The Kier molecular flexibility index (Phi) is 2.08. The Labute approximate surface area is 95.6 Å². The van der Waals surface area contributed by atoms with Crippen molar-refractivity contribution in [3.05, 3.63) is 18.2 Å². The van der Waals surface area contributed by atoms with Gasteiger partial charge in [0, 0.05) is 12.1 Å². The van der Waals surface area contributed by atoms with Crippen molar-refractivity contribution in [1.82, 2.24) is 19.5 Å². The molecule has 2 atom stereocenters. The first kappa shape index (κ1) is 10.2. The van der Waals surface area contributed by atoms with Gasteiger partial charge >= 0.3 is 0 Å². The number of nitrogens with zero attached hydrogens (tertiary/aromatic N) is 4. The van der Waals surface area contributed by atoms with Gasteiger partial charge in [-0.05, 0) is 5.57 Å². The van der Waals surface area contributed by atoms with E-state index in [1.807, 2.05) is 0 Å². The normalized spacial score (nSPS) is 25.6. The lowest BCUT2D eigenvalue weighted by molar-refractivity contribution is 0.259. The number of halogens is 1. The molecule has 88 valence electrons. The first-order valence-electron chi connectivity index (χ1n) is 5.12. The predicted octanol–water partition coefficient (Wildman–Crippen LogP) is 0.210. The second-order valence-corrected chi connectivity index (χ2v) is 3.90. The van der Waals surface area contributed by atoms with E-state index in [2.05, 4.69) is 15.0 Å². The van der Waals surface area contributed by atoms with Crippen LogP contribution in [0.15, 0.2) is 18.2 Å². The lowest BCUT2D eigenvalue weighted by Crippen LogP contribution is -1.94. The van der Waals surface area contributed by atoms with E-state index >= 15 is 0 Å². The highest BCUT2D eigenvalue weighted by Crippen LogP contribution is 2.41. The number of aliphatic hydroxyl groups is 1. The van der Waals surface area contributed by atoms with Crippen molar-refractivity contribution in [3.63, 3.8) is 0 Å². The number of nitrogen functional groups attached to an aromatic ring is 1. The topological polar surface area (TPSA) is 89.9 Å². The Morgan fingerprint density at radius 3 is 3.00 bits per heavy atom. The molecule has 0 aliphatic heterocycles. The van der Waals surface area contributed by atoms with Crippen LogP contribution in [0.25, 0.3) is 17.4 Å². The van der Waals surface area contributed by atoms with Crippen LogP contribution in [0.5, 0.6) is 0 Å². The molecule has 2 aromatic rings. The van der Waals surface area contributed by atoms with Gasteiger partial charge < -0.3 is 10.8 Å². The third-order valence-corrected chi connectivity index (χ3v) is 2.86. The van der Waals surface area contributed by atoms with Gasteiger partial charge in [0.25, 0.3) is 0 Å². The predicted molar refractivity (Wildman–Crippen MR) is 59.5 cm³/mol. The van der Waals surface area contributed by atoms with Gasteiger partial charge in [-0.1, -0.05) is 0 Å². The molecular formula is C10H10FN5O. The van der Waals surface area contributed by atoms with Crippen LogP contribution in [0, 0.1) is 5.92 Å². The van der Waals surface area contributed by atoms with Gasteiger partial charge in [0.05, 0.1) is 6.61 Å². The molecule has 2 unspecified atom stereocenters. The Morgan fingerprint density at radius 1 is 1.47 bits per heavy atom. The molecule has 0 amide bonds. The third kappa shape index (κ3) is 1.47. The molecule has 0 radical (unpaired) electrons. The maximum absolute atomic E-state index is 13.2. The minimum atomic E-state index is -1.07. The van der Waals surface area contributed by atoms with E-state index < -0.39 is 12.1 Å². The first-order chi connectivity index (χ1) is 8.22. The van der Waals surface area contributed by atoms with Crippen LogP contribution in [0.4, 0.5) is 10.2 Å². The largest absolute Gasteiger partial charge is 0.396 e. The van der Waals surface area contributed by atoms with Gasteiger partial charge in [-0.25, -0.2) is 19.3 Å². The third-order valence-electron chi connectivity index (χ3n) is 2.86. The number of aliphatic hydroxyl groups excluding tert-OH is 1. The van der Waals surface area contributed by atoms with Crippen LogP contribution in [0.3, 0.4) is 0 Å². The summed E-state index contributed by atoms with van der Waals surface area (Å²) in [7, 11) is 0. The molecule has 2 heterocycles. The smallest absolute Gasteiger partial charge is 0.169 e. The Bertz CT molecular complexity index is 608. The Balaban J connectivity index is 2.06. The van der Waals surface area contributed by atoms with Gasteiger partial charge in [-0.15, -0.1) is 0 Å². The summed E-state index contributed by atoms with van der Waals surface area (Å²) >= 11 is 0. The minimum absolute atomic E-state index is 0.184. The lowest BCUT2D eigenvalue weighted by atomic mass is 10.4. The number of anilines is 1. The zero-order valence-electron chi connectivity index (χ0n) is 8.79. The summed E-state index contributed by atoms with van der Waals surface area (Å²) in [6.07, 6.45) is 3.35. The molecule has 3 rings (SSSR count). The fourth-order valence-electron chi connectivity index (χ4n) is 1.79. The number of fused-ring (bicyclic) bond motifs is 1. The van der Waals surface area contributed by atoms with Crippen molar-refractivity contribution in [2.45, 2.75) is 6.17 Å². The van der Waals surface area contributed by atoms with E-state index in [9.17, 15) is 4.39 Å². The highest BCUT2D eigenvalue weighted by molar-refractivity contribution is 5.82. The number of alkyl halides is 1. The van der Waals surface area contributed by atoms with Crippen molar-refractivity contribution in [2.24, 2.45) is 5.92 Å². The van der Waals surface area contributed by atoms with Crippen molar-refractivity contribution in [3.8, 4) is 0 Å². The van der Waals surface area contributed by atoms with Crippen molar-refractivity contribution >= 4 is 23.2 Å². The maximum Gasteiger partial charge on any atom is 0.169 e. The molecule has 0 aromatic carbocycles. The molecular weight excluding hydrogens is 225 g/mol. The average molecular weight is 235 g/mol. The summed E-state index contributed by atoms with van der Waals surface area (Å²) < 4.78 is 14.8. The molecule has 6 nitrogen and oxygen atoms in total. The van der Waals surface area contributed by atoms with Crippen molar-refractivity contribution in [1.29, 1.82) is 0 Å². The van der Waals surface area contributed by atoms with Crippen LogP contribution < -0.4 is 5.73 Å². The fourth-order valence-corrected chi connectivity index (χ4v) is 1.79. The van der Waals surface area contributed by atoms with Crippen LogP contribution in [-0.2, 0) is 0 Å². The molecule has 17 heavy (non-hydrogen) atoms. The van der Waals surface area contributed by atoms with Gasteiger partial charge in [0.1, 0.15) is 18.8 Å². The molecule has 1 aliphatic carbocycles. The highest BCUT2D eigenvalue weighted by Gasteiger charge is 2.44. The van der Waals surface area contributed by atoms with Crippen LogP contribution in [0.2, 0.25) is 0 Å². The molecule has 1 saturated carbocycles. The number of hydrogen-bond acceptors (Lipinski definition) is 5. The van der Waals surface area contributed by atoms with Crippen molar-refractivity contribution < 1.29 is 9.50 Å². The molecule has 1 fully saturated rings. The van der Waals surface area contributed by atoms with E-state index in [1.165, 1.54) is 12.7 Å². The fraction of sp³-hybridized carbons (Fsp3) is 0.300. The summed E-state index contributed by atoms with van der Waals surface area (Å²) in [5, 5.41) is 8.88. The van der Waals surface area contributed by atoms with E-state index in [-0.39, 0.29) is 6.61 Å². The van der Waals surface area contributed by atoms with E-state index in [4.69, 9.17) is 10.8 Å². The summed E-state index contributed by atoms with van der Waals surface area (Å²) in [5.41, 5.74) is 7.20. The Hall–Kier alpha value is -2.02.